The molecule has 0 atom stereocenters. The van der Waals surface area contributed by atoms with Crippen LogP contribution in [0.3, 0.4) is 0 Å². The van der Waals surface area contributed by atoms with Crippen LogP contribution in [0.2, 0.25) is 0 Å². The van der Waals surface area contributed by atoms with E-state index in [1.165, 1.54) is 18.4 Å². The van der Waals surface area contributed by atoms with Gasteiger partial charge in [-0.25, -0.2) is 17.1 Å². The Labute approximate surface area is 149 Å². The number of piperidine rings is 1. The first-order valence-electron chi connectivity index (χ1n) is 8.52. The summed E-state index contributed by atoms with van der Waals surface area (Å²) >= 11 is 0. The predicted molar refractivity (Wildman–Crippen MR) is 98.6 cm³/mol. The summed E-state index contributed by atoms with van der Waals surface area (Å²) in [6.07, 6.45) is 3.76. The van der Waals surface area contributed by atoms with Crippen molar-refractivity contribution in [2.24, 2.45) is 10.9 Å². The Kier molecular flexibility index (Phi) is 7.19. The normalized spacial score (nSPS) is 17.5. The lowest BCUT2D eigenvalue weighted by Gasteiger charge is -2.30. The van der Waals surface area contributed by atoms with Gasteiger partial charge in [0.25, 0.3) is 0 Å². The molecule has 1 aliphatic heterocycles. The molecule has 1 saturated heterocycles. The van der Waals surface area contributed by atoms with Gasteiger partial charge in [0.1, 0.15) is 5.82 Å². The SMILES string of the molecule is CN=C(NCCc1ccc(F)cc1)NCC1CCN(S(C)(=O)=O)CC1. The van der Waals surface area contributed by atoms with Crippen molar-refractivity contribution in [1.29, 1.82) is 0 Å². The summed E-state index contributed by atoms with van der Waals surface area (Å²) in [5, 5.41) is 6.54. The van der Waals surface area contributed by atoms with Crippen molar-refractivity contribution in [3.8, 4) is 0 Å². The zero-order valence-electron chi connectivity index (χ0n) is 14.8. The van der Waals surface area contributed by atoms with Gasteiger partial charge >= 0.3 is 0 Å². The molecular formula is C17H27FN4O2S. The van der Waals surface area contributed by atoms with Gasteiger partial charge < -0.3 is 10.6 Å². The molecule has 0 aliphatic carbocycles. The summed E-state index contributed by atoms with van der Waals surface area (Å²) < 4.78 is 37.5. The maximum atomic E-state index is 12.9. The van der Waals surface area contributed by atoms with E-state index in [-0.39, 0.29) is 5.82 Å². The van der Waals surface area contributed by atoms with E-state index in [0.717, 1.165) is 37.3 Å². The van der Waals surface area contributed by atoms with Crippen LogP contribution in [-0.2, 0) is 16.4 Å². The smallest absolute Gasteiger partial charge is 0.211 e. The van der Waals surface area contributed by atoms with E-state index in [0.29, 0.717) is 25.6 Å². The molecule has 0 spiro atoms. The molecule has 140 valence electrons. The highest BCUT2D eigenvalue weighted by atomic mass is 32.2. The number of aliphatic imine (C=N–C) groups is 1. The predicted octanol–water partition coefficient (Wildman–Crippen LogP) is 1.20. The molecule has 0 unspecified atom stereocenters. The zero-order chi connectivity index (χ0) is 18.3. The van der Waals surface area contributed by atoms with Gasteiger partial charge in [0, 0.05) is 33.2 Å². The van der Waals surface area contributed by atoms with Crippen LogP contribution in [0.4, 0.5) is 4.39 Å². The van der Waals surface area contributed by atoms with Gasteiger partial charge in [-0.3, -0.25) is 4.99 Å². The van der Waals surface area contributed by atoms with E-state index >= 15 is 0 Å². The molecular weight excluding hydrogens is 343 g/mol. The Bertz CT molecular complexity index is 668. The van der Waals surface area contributed by atoms with Gasteiger partial charge in [-0.05, 0) is 42.9 Å². The maximum absolute atomic E-state index is 12.9. The first-order valence-corrected chi connectivity index (χ1v) is 10.4. The second-order valence-electron chi connectivity index (χ2n) is 6.36. The Hall–Kier alpha value is -1.67. The van der Waals surface area contributed by atoms with Crippen LogP contribution in [-0.4, -0.2) is 58.2 Å². The van der Waals surface area contributed by atoms with E-state index in [1.807, 2.05) is 0 Å². The molecule has 2 rings (SSSR count). The van der Waals surface area contributed by atoms with Crippen LogP contribution in [0.25, 0.3) is 0 Å². The van der Waals surface area contributed by atoms with Gasteiger partial charge in [-0.1, -0.05) is 12.1 Å². The van der Waals surface area contributed by atoms with Gasteiger partial charge in [0.15, 0.2) is 5.96 Å². The van der Waals surface area contributed by atoms with E-state index in [1.54, 1.807) is 23.5 Å². The zero-order valence-corrected chi connectivity index (χ0v) is 15.7. The molecule has 0 radical (unpaired) electrons. The second-order valence-corrected chi connectivity index (χ2v) is 8.34. The van der Waals surface area contributed by atoms with Crippen molar-refractivity contribution in [1.82, 2.24) is 14.9 Å². The fourth-order valence-electron chi connectivity index (χ4n) is 2.88. The minimum absolute atomic E-state index is 0.226. The average molecular weight is 370 g/mol. The molecule has 0 bridgehead atoms. The Morgan fingerprint density at radius 1 is 1.24 bits per heavy atom. The fourth-order valence-corrected chi connectivity index (χ4v) is 3.76. The molecule has 8 heteroatoms. The Morgan fingerprint density at radius 3 is 2.44 bits per heavy atom. The third kappa shape index (κ3) is 6.62. The minimum atomic E-state index is -3.07. The maximum Gasteiger partial charge on any atom is 0.211 e. The van der Waals surface area contributed by atoms with Crippen LogP contribution < -0.4 is 10.6 Å². The van der Waals surface area contributed by atoms with Crippen molar-refractivity contribution in [3.05, 3.63) is 35.6 Å². The second kappa shape index (κ2) is 9.15. The minimum Gasteiger partial charge on any atom is -0.356 e. The van der Waals surface area contributed by atoms with Gasteiger partial charge in [-0.15, -0.1) is 0 Å². The van der Waals surface area contributed by atoms with E-state index in [2.05, 4.69) is 15.6 Å². The van der Waals surface area contributed by atoms with E-state index in [4.69, 9.17) is 0 Å². The number of hydrogen-bond donors (Lipinski definition) is 2. The topological polar surface area (TPSA) is 73.8 Å². The van der Waals surface area contributed by atoms with Gasteiger partial charge in [-0.2, -0.15) is 0 Å². The molecule has 2 N–H and O–H groups in total. The molecule has 0 saturated carbocycles. The summed E-state index contributed by atoms with van der Waals surface area (Å²) in [7, 11) is -1.35. The van der Waals surface area contributed by atoms with Crippen molar-refractivity contribution >= 4 is 16.0 Å². The van der Waals surface area contributed by atoms with Crippen LogP contribution >= 0.6 is 0 Å². The molecule has 25 heavy (non-hydrogen) atoms. The summed E-state index contributed by atoms with van der Waals surface area (Å²) in [4.78, 5) is 4.20. The summed E-state index contributed by atoms with van der Waals surface area (Å²) in [6.45, 7) is 2.65. The van der Waals surface area contributed by atoms with Crippen molar-refractivity contribution in [2.45, 2.75) is 19.3 Å². The lowest BCUT2D eigenvalue weighted by Crippen LogP contribution is -2.44. The molecule has 0 amide bonds. The Balaban J connectivity index is 1.68. The summed E-state index contributed by atoms with van der Waals surface area (Å²) in [5.41, 5.74) is 1.07. The third-order valence-corrected chi connectivity index (χ3v) is 5.75. The van der Waals surface area contributed by atoms with Crippen molar-refractivity contribution in [3.63, 3.8) is 0 Å². The number of halogens is 1. The van der Waals surface area contributed by atoms with Gasteiger partial charge in [0.05, 0.1) is 6.26 Å². The van der Waals surface area contributed by atoms with Crippen LogP contribution in [0.1, 0.15) is 18.4 Å². The third-order valence-electron chi connectivity index (χ3n) is 4.44. The van der Waals surface area contributed by atoms with Crippen LogP contribution in [0.15, 0.2) is 29.3 Å². The largest absolute Gasteiger partial charge is 0.356 e. The van der Waals surface area contributed by atoms with Crippen molar-refractivity contribution < 1.29 is 12.8 Å². The standard InChI is InChI=1S/C17H27FN4O2S/c1-19-17(20-10-7-14-3-5-16(18)6-4-14)21-13-15-8-11-22(12-9-15)25(2,23)24/h3-6,15H,7-13H2,1-2H3,(H2,19,20,21). The highest BCUT2D eigenvalue weighted by molar-refractivity contribution is 7.88. The first-order chi connectivity index (χ1) is 11.9. The Morgan fingerprint density at radius 2 is 1.88 bits per heavy atom. The lowest BCUT2D eigenvalue weighted by molar-refractivity contribution is 0.275. The van der Waals surface area contributed by atoms with Crippen LogP contribution in [0.5, 0.6) is 0 Å². The molecule has 6 nitrogen and oxygen atoms in total. The van der Waals surface area contributed by atoms with E-state index in [9.17, 15) is 12.8 Å². The number of rotatable bonds is 6. The van der Waals surface area contributed by atoms with Crippen molar-refractivity contribution in [2.75, 3.05) is 39.5 Å². The lowest BCUT2D eigenvalue weighted by atomic mass is 9.98. The first kappa shape index (κ1) is 19.7. The molecule has 0 aromatic heterocycles. The van der Waals surface area contributed by atoms with Gasteiger partial charge in [0.2, 0.25) is 10.0 Å². The van der Waals surface area contributed by atoms with E-state index < -0.39 is 10.0 Å². The highest BCUT2D eigenvalue weighted by Gasteiger charge is 2.24. The molecule has 1 aromatic rings. The van der Waals surface area contributed by atoms with Crippen LogP contribution in [0, 0.1) is 11.7 Å². The molecule has 1 fully saturated rings. The highest BCUT2D eigenvalue weighted by Crippen LogP contribution is 2.18. The summed E-state index contributed by atoms with van der Waals surface area (Å²) in [6, 6.07) is 6.49. The summed E-state index contributed by atoms with van der Waals surface area (Å²) in [5.74, 6) is 0.942. The number of benzene rings is 1. The quantitative estimate of drug-likeness (QED) is 0.583. The number of guanidine groups is 1. The molecule has 1 aliphatic rings. The average Bonchev–Trinajstić information content (AvgIpc) is 2.59. The monoisotopic (exact) mass is 370 g/mol. The number of hydrogen-bond acceptors (Lipinski definition) is 3. The molecule has 1 aromatic carbocycles. The number of sulfonamides is 1. The fraction of sp³-hybridized carbons (Fsp3) is 0.588. The number of nitrogens with zero attached hydrogens (tertiary/aromatic N) is 2. The number of nitrogens with one attached hydrogen (secondary N) is 2. The molecule has 1 heterocycles.